The molecule has 0 saturated carbocycles. The maximum Gasteiger partial charge on any atom is 0.221 e. The van der Waals surface area contributed by atoms with Crippen molar-refractivity contribution in [1.82, 2.24) is 18.9 Å². The monoisotopic (exact) mass is 738 g/mol. The largest absolute Gasteiger partial charge is 0.279 e. The normalized spacial score (nSPS) is 11.8. The SMILES string of the molecule is c1ccc(-c2cc(-c3ccccc3)cc(-c3ccc(-c4ccc5c(c4)c4c6ccccc6ccc4n5-c4nc5ccccc5c5nc6ccccc6n45)cc3)c2)cc1. The van der Waals surface area contributed by atoms with Gasteiger partial charge in [-0.2, -0.15) is 0 Å². The quantitative estimate of drug-likeness (QED) is 0.176. The summed E-state index contributed by atoms with van der Waals surface area (Å²) in [6, 6.07) is 74.0. The van der Waals surface area contributed by atoms with Gasteiger partial charge in [0.05, 0.1) is 27.6 Å². The molecule has 0 bridgehead atoms. The van der Waals surface area contributed by atoms with Crippen molar-refractivity contribution in [3.8, 4) is 50.5 Å². The van der Waals surface area contributed by atoms with Gasteiger partial charge >= 0.3 is 0 Å². The molecule has 0 aliphatic carbocycles. The summed E-state index contributed by atoms with van der Waals surface area (Å²) in [5, 5.41) is 5.86. The van der Waals surface area contributed by atoms with Gasteiger partial charge in [0.25, 0.3) is 0 Å². The lowest BCUT2D eigenvalue weighted by molar-refractivity contribution is 0.980. The Bertz CT molecular complexity index is 3490. The van der Waals surface area contributed by atoms with E-state index in [2.05, 4.69) is 215 Å². The van der Waals surface area contributed by atoms with Crippen molar-refractivity contribution in [2.75, 3.05) is 0 Å². The van der Waals surface area contributed by atoms with Crippen LogP contribution in [0.15, 0.2) is 206 Å². The molecule has 12 aromatic rings. The Balaban J connectivity index is 1.05. The molecule has 0 atom stereocenters. The first-order chi connectivity index (χ1) is 28.7. The molecule has 0 aliphatic rings. The van der Waals surface area contributed by atoms with E-state index in [0.717, 1.165) is 44.6 Å². The highest BCUT2D eigenvalue weighted by Crippen LogP contribution is 2.40. The summed E-state index contributed by atoms with van der Waals surface area (Å²) >= 11 is 0. The van der Waals surface area contributed by atoms with E-state index in [1.807, 2.05) is 0 Å². The first kappa shape index (κ1) is 32.4. The van der Waals surface area contributed by atoms with Crippen molar-refractivity contribution in [3.63, 3.8) is 0 Å². The van der Waals surface area contributed by atoms with Crippen LogP contribution in [-0.4, -0.2) is 18.9 Å². The minimum atomic E-state index is 0.822. The molecule has 4 nitrogen and oxygen atoms in total. The molecular weight excluding hydrogens is 705 g/mol. The third-order valence-electron chi connectivity index (χ3n) is 11.7. The number of imidazole rings is 1. The van der Waals surface area contributed by atoms with Crippen LogP contribution in [0.1, 0.15) is 0 Å². The van der Waals surface area contributed by atoms with Gasteiger partial charge in [0, 0.05) is 16.2 Å². The Morgan fingerprint density at radius 3 is 1.55 bits per heavy atom. The topological polar surface area (TPSA) is 35.1 Å². The Kier molecular flexibility index (Phi) is 7.20. The Morgan fingerprint density at radius 1 is 0.310 bits per heavy atom. The van der Waals surface area contributed by atoms with Gasteiger partial charge < -0.3 is 0 Å². The lowest BCUT2D eigenvalue weighted by Crippen LogP contribution is -2.06. The van der Waals surface area contributed by atoms with Gasteiger partial charge in [-0.3, -0.25) is 8.97 Å². The molecule has 0 N–H and O–H groups in total. The van der Waals surface area contributed by atoms with Crippen molar-refractivity contribution in [2.45, 2.75) is 0 Å². The van der Waals surface area contributed by atoms with Gasteiger partial charge in [0.1, 0.15) is 5.65 Å². The molecule has 9 aromatic carbocycles. The third kappa shape index (κ3) is 5.09. The Labute approximate surface area is 334 Å². The maximum atomic E-state index is 5.40. The van der Waals surface area contributed by atoms with E-state index in [0.29, 0.717) is 0 Å². The van der Waals surface area contributed by atoms with Gasteiger partial charge in [0.2, 0.25) is 5.95 Å². The maximum absolute atomic E-state index is 5.40. The van der Waals surface area contributed by atoms with Crippen molar-refractivity contribution in [1.29, 1.82) is 0 Å². The van der Waals surface area contributed by atoms with Gasteiger partial charge in [-0.15, -0.1) is 0 Å². The van der Waals surface area contributed by atoms with E-state index in [1.165, 1.54) is 66.1 Å². The summed E-state index contributed by atoms with van der Waals surface area (Å²) in [7, 11) is 0. The molecule has 0 radical (unpaired) electrons. The number of aromatic nitrogens is 4. The summed E-state index contributed by atoms with van der Waals surface area (Å²) in [5.74, 6) is 0.822. The fourth-order valence-electron chi connectivity index (χ4n) is 8.91. The molecule has 0 saturated heterocycles. The number of rotatable bonds is 5. The second-order valence-electron chi connectivity index (χ2n) is 15.0. The Hall–Kier alpha value is -7.82. The predicted molar refractivity (Wildman–Crippen MR) is 242 cm³/mol. The smallest absolute Gasteiger partial charge is 0.221 e. The van der Waals surface area contributed by atoms with Crippen LogP contribution in [0.4, 0.5) is 0 Å². The standard InChI is InChI=1S/C54H34N4/c1-3-13-35(14-4-1)41-31-42(36-15-5-2-6-16-36)33-43(32-41)38-25-23-37(24-26-38)40-28-29-49-46(34-40)52-44-18-8-7-17-39(44)27-30-51(52)57(49)54-56-47-20-10-9-19-45(47)53-55-48-21-11-12-22-50(48)58(53)54/h1-34H. The molecule has 4 heteroatoms. The van der Waals surface area contributed by atoms with Gasteiger partial charge in [0.15, 0.2) is 0 Å². The van der Waals surface area contributed by atoms with E-state index in [1.54, 1.807) is 0 Å². The molecule has 3 heterocycles. The van der Waals surface area contributed by atoms with Crippen LogP contribution in [0.2, 0.25) is 0 Å². The summed E-state index contributed by atoms with van der Waals surface area (Å²) in [6.07, 6.45) is 0. The van der Waals surface area contributed by atoms with E-state index in [9.17, 15) is 0 Å². The zero-order chi connectivity index (χ0) is 38.2. The highest BCUT2D eigenvalue weighted by molar-refractivity contribution is 6.22. The fourth-order valence-corrected chi connectivity index (χ4v) is 8.91. The number of hydrogen-bond acceptors (Lipinski definition) is 2. The molecule has 0 unspecified atom stereocenters. The molecule has 58 heavy (non-hydrogen) atoms. The van der Waals surface area contributed by atoms with Gasteiger partial charge in [-0.1, -0.05) is 146 Å². The second-order valence-corrected chi connectivity index (χ2v) is 15.0. The average Bonchev–Trinajstić information content (AvgIpc) is 3.86. The molecule has 0 amide bonds. The van der Waals surface area contributed by atoms with Crippen LogP contribution < -0.4 is 0 Å². The van der Waals surface area contributed by atoms with E-state index < -0.39 is 0 Å². The van der Waals surface area contributed by atoms with Gasteiger partial charge in [-0.05, 0) is 116 Å². The number of nitrogens with zero attached hydrogens (tertiary/aromatic N) is 4. The van der Waals surface area contributed by atoms with E-state index >= 15 is 0 Å². The lowest BCUT2D eigenvalue weighted by Gasteiger charge is -2.13. The minimum absolute atomic E-state index is 0.822. The van der Waals surface area contributed by atoms with Crippen LogP contribution in [0.3, 0.4) is 0 Å². The van der Waals surface area contributed by atoms with Crippen LogP contribution in [0, 0.1) is 0 Å². The summed E-state index contributed by atoms with van der Waals surface area (Å²) < 4.78 is 4.57. The number of benzene rings is 9. The molecule has 0 aliphatic heterocycles. The van der Waals surface area contributed by atoms with Gasteiger partial charge in [-0.25, -0.2) is 9.97 Å². The first-order valence-electron chi connectivity index (χ1n) is 19.7. The molecule has 0 fully saturated rings. The van der Waals surface area contributed by atoms with Crippen LogP contribution >= 0.6 is 0 Å². The number of hydrogen-bond donors (Lipinski definition) is 0. The second kappa shape index (κ2) is 12.9. The zero-order valence-electron chi connectivity index (χ0n) is 31.4. The summed E-state index contributed by atoms with van der Waals surface area (Å²) in [6.45, 7) is 0. The Morgan fingerprint density at radius 2 is 0.845 bits per heavy atom. The van der Waals surface area contributed by atoms with Crippen molar-refractivity contribution in [3.05, 3.63) is 206 Å². The van der Waals surface area contributed by atoms with E-state index in [-0.39, 0.29) is 0 Å². The molecular formula is C54H34N4. The highest BCUT2D eigenvalue weighted by Gasteiger charge is 2.21. The van der Waals surface area contributed by atoms with Crippen LogP contribution in [0.5, 0.6) is 0 Å². The number of para-hydroxylation sites is 3. The van der Waals surface area contributed by atoms with E-state index in [4.69, 9.17) is 9.97 Å². The molecule has 3 aromatic heterocycles. The molecule has 270 valence electrons. The average molecular weight is 739 g/mol. The van der Waals surface area contributed by atoms with Crippen molar-refractivity contribution in [2.24, 2.45) is 0 Å². The fraction of sp³-hybridized carbons (Fsp3) is 0. The molecule has 0 spiro atoms. The van der Waals surface area contributed by atoms with Crippen LogP contribution in [0.25, 0.3) is 111 Å². The van der Waals surface area contributed by atoms with Crippen LogP contribution in [-0.2, 0) is 0 Å². The van der Waals surface area contributed by atoms with Crippen molar-refractivity contribution >= 4 is 60.2 Å². The third-order valence-corrected chi connectivity index (χ3v) is 11.7. The first-order valence-corrected chi connectivity index (χ1v) is 19.7. The summed E-state index contributed by atoms with van der Waals surface area (Å²) in [5.41, 5.74) is 15.5. The van der Waals surface area contributed by atoms with Crippen molar-refractivity contribution < 1.29 is 0 Å². The lowest BCUT2D eigenvalue weighted by atomic mass is 9.92. The summed E-state index contributed by atoms with van der Waals surface area (Å²) in [4.78, 5) is 10.6. The highest BCUT2D eigenvalue weighted by atomic mass is 15.2. The minimum Gasteiger partial charge on any atom is -0.279 e. The number of fused-ring (bicyclic) bond motifs is 10. The molecule has 12 rings (SSSR count). The predicted octanol–water partition coefficient (Wildman–Crippen LogP) is 14.0. The zero-order valence-corrected chi connectivity index (χ0v) is 31.4.